The van der Waals surface area contributed by atoms with Crippen LogP contribution in [0.2, 0.25) is 0 Å². The zero-order chi connectivity index (χ0) is 12.1. The van der Waals surface area contributed by atoms with E-state index >= 15 is 0 Å². The van der Waals surface area contributed by atoms with Gasteiger partial charge in [-0.2, -0.15) is 0 Å². The van der Waals surface area contributed by atoms with Gasteiger partial charge in [0.25, 0.3) is 0 Å². The number of ether oxygens (including phenoxy) is 1. The van der Waals surface area contributed by atoms with Crippen LogP contribution in [0, 0.1) is 5.92 Å². The Bertz CT molecular complexity index is 353. The third kappa shape index (κ3) is 3.84. The maximum atomic E-state index is 6.39. The Labute approximate surface area is 108 Å². The zero-order valence-electron chi connectivity index (χ0n) is 10.2. The molecule has 3 nitrogen and oxygen atoms in total. The molecule has 0 spiro atoms. The van der Waals surface area contributed by atoms with Gasteiger partial charge in [0.15, 0.2) is 0 Å². The van der Waals surface area contributed by atoms with Gasteiger partial charge >= 0.3 is 0 Å². The van der Waals surface area contributed by atoms with Gasteiger partial charge in [0, 0.05) is 23.6 Å². The first-order valence-electron chi connectivity index (χ1n) is 6.27. The molecule has 2 rings (SSSR count). The molecule has 1 saturated carbocycles. The molecule has 0 N–H and O–H groups in total. The highest BCUT2D eigenvalue weighted by atomic mass is 35.5. The van der Waals surface area contributed by atoms with Crippen LogP contribution < -0.4 is 4.74 Å². The van der Waals surface area contributed by atoms with Gasteiger partial charge < -0.3 is 4.74 Å². The first-order chi connectivity index (χ1) is 8.28. The molecular formula is C13H19ClN2O. The topological polar surface area (TPSA) is 35.0 Å². The molecule has 4 heteroatoms. The van der Waals surface area contributed by atoms with Crippen molar-refractivity contribution in [3.05, 3.63) is 18.1 Å². The van der Waals surface area contributed by atoms with Gasteiger partial charge in [-0.1, -0.05) is 25.7 Å². The third-order valence-electron chi connectivity index (χ3n) is 3.40. The molecule has 0 bridgehead atoms. The molecule has 0 amide bonds. The second-order valence-corrected chi connectivity index (χ2v) is 5.36. The molecule has 0 aromatic carbocycles. The average Bonchev–Trinajstić information content (AvgIpc) is 2.82. The summed E-state index contributed by atoms with van der Waals surface area (Å²) in [6, 6.07) is 1.87. The van der Waals surface area contributed by atoms with Gasteiger partial charge in [0.05, 0.1) is 7.11 Å². The van der Waals surface area contributed by atoms with Gasteiger partial charge in [0.2, 0.25) is 5.88 Å². The van der Waals surface area contributed by atoms with E-state index in [0.717, 1.165) is 24.5 Å². The van der Waals surface area contributed by atoms with Crippen LogP contribution in [-0.2, 0) is 6.42 Å². The van der Waals surface area contributed by atoms with Crippen LogP contribution in [0.1, 0.15) is 37.8 Å². The second-order valence-electron chi connectivity index (χ2n) is 4.74. The molecule has 0 aliphatic heterocycles. The highest BCUT2D eigenvalue weighted by Crippen LogP contribution is 2.30. The first kappa shape index (κ1) is 12.6. The molecule has 0 radical (unpaired) electrons. The van der Waals surface area contributed by atoms with Crippen LogP contribution in [-0.4, -0.2) is 22.5 Å². The number of nitrogens with zero attached hydrogens (tertiary/aromatic N) is 2. The van der Waals surface area contributed by atoms with Crippen molar-refractivity contribution in [2.45, 2.75) is 43.9 Å². The van der Waals surface area contributed by atoms with E-state index < -0.39 is 0 Å². The summed E-state index contributed by atoms with van der Waals surface area (Å²) in [6.45, 7) is 0. The molecule has 0 saturated heterocycles. The van der Waals surface area contributed by atoms with Crippen LogP contribution in [0.3, 0.4) is 0 Å². The lowest BCUT2D eigenvalue weighted by molar-refractivity contribution is 0.395. The van der Waals surface area contributed by atoms with Gasteiger partial charge in [-0.25, -0.2) is 9.97 Å². The highest BCUT2D eigenvalue weighted by Gasteiger charge is 2.19. The van der Waals surface area contributed by atoms with Gasteiger partial charge in [-0.05, 0) is 12.3 Å². The lowest BCUT2D eigenvalue weighted by atomic mass is 9.99. The Hall–Kier alpha value is -0.830. The number of rotatable bonds is 5. The van der Waals surface area contributed by atoms with Crippen molar-refractivity contribution in [2.24, 2.45) is 5.92 Å². The molecule has 1 unspecified atom stereocenters. The van der Waals surface area contributed by atoms with Crippen molar-refractivity contribution in [3.63, 3.8) is 0 Å². The summed E-state index contributed by atoms with van der Waals surface area (Å²) in [6.07, 6.45) is 8.87. The number of hydrogen-bond acceptors (Lipinski definition) is 3. The summed E-state index contributed by atoms with van der Waals surface area (Å²) < 4.78 is 5.08. The molecule has 1 fully saturated rings. The van der Waals surface area contributed by atoms with Gasteiger partial charge in [-0.3, -0.25) is 0 Å². The van der Waals surface area contributed by atoms with Crippen molar-refractivity contribution in [1.29, 1.82) is 0 Å². The van der Waals surface area contributed by atoms with Gasteiger partial charge in [0.1, 0.15) is 6.33 Å². The van der Waals surface area contributed by atoms with Crippen molar-refractivity contribution >= 4 is 11.6 Å². The molecular weight excluding hydrogens is 236 g/mol. The fourth-order valence-corrected chi connectivity index (χ4v) is 2.93. The normalized spacial score (nSPS) is 18.2. The lowest BCUT2D eigenvalue weighted by Gasteiger charge is -2.14. The highest BCUT2D eigenvalue weighted by molar-refractivity contribution is 6.20. The fourth-order valence-electron chi connectivity index (χ4n) is 2.52. The summed E-state index contributed by atoms with van der Waals surface area (Å²) in [4.78, 5) is 8.22. The van der Waals surface area contributed by atoms with E-state index in [1.165, 1.54) is 32.0 Å². The Morgan fingerprint density at radius 3 is 2.88 bits per heavy atom. The van der Waals surface area contributed by atoms with Crippen molar-refractivity contribution < 1.29 is 4.74 Å². The minimum atomic E-state index is 0.178. The van der Waals surface area contributed by atoms with Crippen molar-refractivity contribution in [3.8, 4) is 5.88 Å². The van der Waals surface area contributed by atoms with Gasteiger partial charge in [-0.15, -0.1) is 11.6 Å². The maximum Gasteiger partial charge on any atom is 0.216 e. The number of halogens is 1. The molecule has 17 heavy (non-hydrogen) atoms. The van der Waals surface area contributed by atoms with E-state index in [0.29, 0.717) is 5.88 Å². The second kappa shape index (κ2) is 6.20. The molecule has 1 aromatic heterocycles. The number of alkyl halides is 1. The Kier molecular flexibility index (Phi) is 4.60. The number of aromatic nitrogens is 2. The summed E-state index contributed by atoms with van der Waals surface area (Å²) in [5.41, 5.74) is 0.967. The fraction of sp³-hybridized carbons (Fsp3) is 0.692. The summed E-state index contributed by atoms with van der Waals surface area (Å²) in [5, 5.41) is 0.178. The Morgan fingerprint density at radius 2 is 2.18 bits per heavy atom. The van der Waals surface area contributed by atoms with Crippen molar-refractivity contribution in [2.75, 3.05) is 7.11 Å². The standard InChI is InChI=1S/C13H19ClN2O/c1-17-13-8-12(15-9-16-13)7-11(14)6-10-4-2-3-5-10/h8-11H,2-7H2,1H3. The third-order valence-corrected chi connectivity index (χ3v) is 3.73. The largest absolute Gasteiger partial charge is 0.481 e. The van der Waals surface area contributed by atoms with Crippen LogP contribution in [0.25, 0.3) is 0 Å². The van der Waals surface area contributed by atoms with E-state index in [1.54, 1.807) is 7.11 Å². The lowest BCUT2D eigenvalue weighted by Crippen LogP contribution is -2.10. The van der Waals surface area contributed by atoms with Crippen LogP contribution in [0.4, 0.5) is 0 Å². The molecule has 1 aliphatic carbocycles. The van der Waals surface area contributed by atoms with Crippen molar-refractivity contribution in [1.82, 2.24) is 9.97 Å². The maximum absolute atomic E-state index is 6.39. The van der Waals surface area contributed by atoms with E-state index in [1.807, 2.05) is 6.07 Å². The average molecular weight is 255 g/mol. The summed E-state index contributed by atoms with van der Waals surface area (Å²) in [5.74, 6) is 1.43. The molecule has 1 aliphatic rings. The minimum Gasteiger partial charge on any atom is -0.481 e. The Balaban J connectivity index is 1.85. The number of hydrogen-bond donors (Lipinski definition) is 0. The van der Waals surface area contributed by atoms with E-state index in [4.69, 9.17) is 16.3 Å². The first-order valence-corrected chi connectivity index (χ1v) is 6.70. The number of methoxy groups -OCH3 is 1. The smallest absolute Gasteiger partial charge is 0.216 e. The quantitative estimate of drug-likeness (QED) is 0.757. The predicted molar refractivity (Wildman–Crippen MR) is 68.5 cm³/mol. The SMILES string of the molecule is COc1cc(CC(Cl)CC2CCCC2)ncn1. The van der Waals surface area contributed by atoms with Crippen LogP contribution in [0.5, 0.6) is 5.88 Å². The molecule has 1 aromatic rings. The summed E-state index contributed by atoms with van der Waals surface area (Å²) >= 11 is 6.39. The minimum absolute atomic E-state index is 0.178. The molecule has 1 atom stereocenters. The van der Waals surface area contributed by atoms with Crippen LogP contribution in [0.15, 0.2) is 12.4 Å². The monoisotopic (exact) mass is 254 g/mol. The van der Waals surface area contributed by atoms with E-state index in [9.17, 15) is 0 Å². The van der Waals surface area contributed by atoms with E-state index in [2.05, 4.69) is 9.97 Å². The van der Waals surface area contributed by atoms with Crippen LogP contribution >= 0.6 is 11.6 Å². The Morgan fingerprint density at radius 1 is 1.41 bits per heavy atom. The zero-order valence-corrected chi connectivity index (χ0v) is 11.0. The predicted octanol–water partition coefficient (Wildman–Crippen LogP) is 3.22. The van der Waals surface area contributed by atoms with E-state index in [-0.39, 0.29) is 5.38 Å². The molecule has 1 heterocycles. The summed E-state index contributed by atoms with van der Waals surface area (Å²) in [7, 11) is 1.61. The molecule has 94 valence electrons.